The molecular weight excluding hydrogens is 236 g/mol. The van der Waals surface area contributed by atoms with Gasteiger partial charge in [-0.3, -0.25) is 4.79 Å². The molecule has 0 radical (unpaired) electrons. The van der Waals surface area contributed by atoms with Crippen LogP contribution in [0.3, 0.4) is 0 Å². The molecule has 1 aromatic heterocycles. The maximum atomic E-state index is 11.0. The molecule has 0 amide bonds. The lowest BCUT2D eigenvalue weighted by molar-refractivity contribution is -0.142. The first kappa shape index (κ1) is 12.3. The van der Waals surface area contributed by atoms with E-state index in [1.807, 2.05) is 0 Å². The van der Waals surface area contributed by atoms with Gasteiger partial charge in [-0.2, -0.15) is 0 Å². The highest BCUT2D eigenvalue weighted by atomic mass is 35.5. The number of rotatable bonds is 5. The Kier molecular flexibility index (Phi) is 5.42. The molecule has 0 aliphatic heterocycles. The molecule has 0 atom stereocenters. The minimum Gasteiger partial charge on any atom is -0.466 e. The molecule has 0 aliphatic rings. The first-order valence-corrected chi connectivity index (χ1v) is 5.84. The van der Waals surface area contributed by atoms with Crippen LogP contribution < -0.4 is 0 Å². The molecule has 6 heteroatoms. The van der Waals surface area contributed by atoms with Crippen LogP contribution >= 0.6 is 23.4 Å². The molecular formula is C9H11ClN2O2S. The Labute approximate surface area is 97.4 Å². The van der Waals surface area contributed by atoms with Crippen molar-refractivity contribution in [3.05, 3.63) is 17.5 Å². The standard InChI is InChI=1S/C9H11ClN2O2S/c1-2-14-9(13)3-4-15-8-6-11-7(10)5-12-8/h5-6H,2-4H2,1H3. The molecule has 15 heavy (non-hydrogen) atoms. The molecule has 1 aromatic rings. The van der Waals surface area contributed by atoms with Crippen molar-refractivity contribution in [2.45, 2.75) is 18.4 Å². The van der Waals surface area contributed by atoms with E-state index in [4.69, 9.17) is 16.3 Å². The molecule has 1 rings (SSSR count). The topological polar surface area (TPSA) is 52.1 Å². The molecule has 0 bridgehead atoms. The van der Waals surface area contributed by atoms with E-state index in [2.05, 4.69) is 9.97 Å². The molecule has 82 valence electrons. The third-order valence-electron chi connectivity index (χ3n) is 1.46. The van der Waals surface area contributed by atoms with E-state index in [1.165, 1.54) is 18.0 Å². The Bertz CT molecular complexity index is 318. The lowest BCUT2D eigenvalue weighted by atomic mass is 10.5. The maximum Gasteiger partial charge on any atom is 0.306 e. The summed E-state index contributed by atoms with van der Waals surface area (Å²) in [5.41, 5.74) is 0. The normalized spacial score (nSPS) is 10.0. The smallest absolute Gasteiger partial charge is 0.306 e. The van der Waals surface area contributed by atoms with Crippen molar-refractivity contribution in [3.8, 4) is 0 Å². The van der Waals surface area contributed by atoms with Gasteiger partial charge in [0.25, 0.3) is 0 Å². The number of carbonyl (C=O) groups is 1. The summed E-state index contributed by atoms with van der Waals surface area (Å²) >= 11 is 7.03. The van der Waals surface area contributed by atoms with Gasteiger partial charge < -0.3 is 4.74 Å². The van der Waals surface area contributed by atoms with Crippen LogP contribution in [-0.2, 0) is 9.53 Å². The maximum absolute atomic E-state index is 11.0. The molecule has 0 aliphatic carbocycles. The van der Waals surface area contributed by atoms with Crippen LogP contribution in [-0.4, -0.2) is 28.3 Å². The van der Waals surface area contributed by atoms with Crippen LogP contribution in [0.5, 0.6) is 0 Å². The van der Waals surface area contributed by atoms with E-state index < -0.39 is 0 Å². The van der Waals surface area contributed by atoms with E-state index in [0.29, 0.717) is 23.9 Å². The predicted molar refractivity (Wildman–Crippen MR) is 59.0 cm³/mol. The van der Waals surface area contributed by atoms with Crippen LogP contribution in [0.2, 0.25) is 5.15 Å². The van der Waals surface area contributed by atoms with E-state index in [-0.39, 0.29) is 5.97 Å². The summed E-state index contributed by atoms with van der Waals surface area (Å²) in [6, 6.07) is 0. The Morgan fingerprint density at radius 1 is 1.53 bits per heavy atom. The Morgan fingerprint density at radius 2 is 2.33 bits per heavy atom. The van der Waals surface area contributed by atoms with Crippen LogP contribution in [0.15, 0.2) is 17.4 Å². The summed E-state index contributed by atoms with van der Waals surface area (Å²) in [6.45, 7) is 2.21. The van der Waals surface area contributed by atoms with Crippen molar-refractivity contribution < 1.29 is 9.53 Å². The van der Waals surface area contributed by atoms with Crippen molar-refractivity contribution in [1.82, 2.24) is 9.97 Å². The van der Waals surface area contributed by atoms with Crippen molar-refractivity contribution in [2.75, 3.05) is 12.4 Å². The highest BCUT2D eigenvalue weighted by molar-refractivity contribution is 7.99. The van der Waals surface area contributed by atoms with Crippen LogP contribution in [0.4, 0.5) is 0 Å². The van der Waals surface area contributed by atoms with Crippen molar-refractivity contribution in [2.24, 2.45) is 0 Å². The lowest BCUT2D eigenvalue weighted by Gasteiger charge is -2.01. The largest absolute Gasteiger partial charge is 0.466 e. The van der Waals surface area contributed by atoms with E-state index in [0.717, 1.165) is 5.03 Å². The summed E-state index contributed by atoms with van der Waals surface area (Å²) in [7, 11) is 0. The zero-order valence-electron chi connectivity index (χ0n) is 8.27. The van der Waals surface area contributed by atoms with Gasteiger partial charge in [0.15, 0.2) is 0 Å². The Morgan fingerprint density at radius 3 is 2.93 bits per heavy atom. The van der Waals surface area contributed by atoms with Crippen LogP contribution in [0, 0.1) is 0 Å². The van der Waals surface area contributed by atoms with Gasteiger partial charge in [-0.1, -0.05) is 11.6 Å². The first-order chi connectivity index (χ1) is 7.22. The summed E-state index contributed by atoms with van der Waals surface area (Å²) < 4.78 is 4.79. The Hall–Kier alpha value is -0.810. The second kappa shape index (κ2) is 6.63. The van der Waals surface area contributed by atoms with Gasteiger partial charge in [0.2, 0.25) is 0 Å². The highest BCUT2D eigenvalue weighted by Crippen LogP contribution is 2.15. The zero-order valence-corrected chi connectivity index (χ0v) is 9.85. The number of nitrogens with zero attached hydrogens (tertiary/aromatic N) is 2. The Balaban J connectivity index is 2.26. The van der Waals surface area contributed by atoms with Crippen molar-refractivity contribution in [1.29, 1.82) is 0 Å². The van der Waals surface area contributed by atoms with Gasteiger partial charge in [-0.05, 0) is 6.92 Å². The summed E-state index contributed by atoms with van der Waals surface area (Å²) in [6.07, 6.45) is 3.44. The molecule has 0 unspecified atom stereocenters. The quantitative estimate of drug-likeness (QED) is 0.589. The van der Waals surface area contributed by atoms with Gasteiger partial charge in [0, 0.05) is 5.75 Å². The van der Waals surface area contributed by atoms with E-state index >= 15 is 0 Å². The van der Waals surface area contributed by atoms with E-state index in [9.17, 15) is 4.79 Å². The van der Waals surface area contributed by atoms with Crippen molar-refractivity contribution >= 4 is 29.3 Å². The molecule has 0 fully saturated rings. The number of aromatic nitrogens is 2. The van der Waals surface area contributed by atoms with Gasteiger partial charge >= 0.3 is 5.97 Å². The minimum atomic E-state index is -0.188. The second-order valence-corrected chi connectivity index (χ2v) is 4.08. The molecule has 0 N–H and O–H groups in total. The number of hydrogen-bond acceptors (Lipinski definition) is 5. The molecule has 1 heterocycles. The number of thioether (sulfide) groups is 1. The number of ether oxygens (including phenoxy) is 1. The SMILES string of the molecule is CCOC(=O)CCSc1cnc(Cl)cn1. The number of esters is 1. The van der Waals surface area contributed by atoms with Gasteiger partial charge in [-0.25, -0.2) is 9.97 Å². The average Bonchev–Trinajstić information content (AvgIpc) is 2.21. The summed E-state index contributed by atoms with van der Waals surface area (Å²) in [4.78, 5) is 18.9. The third kappa shape index (κ3) is 4.99. The fourth-order valence-electron chi connectivity index (χ4n) is 0.847. The average molecular weight is 247 g/mol. The van der Waals surface area contributed by atoms with Gasteiger partial charge in [-0.15, -0.1) is 11.8 Å². The minimum absolute atomic E-state index is 0.188. The van der Waals surface area contributed by atoms with Gasteiger partial charge in [0.05, 0.1) is 25.4 Å². The first-order valence-electron chi connectivity index (χ1n) is 4.48. The summed E-state index contributed by atoms with van der Waals surface area (Å²) in [5.74, 6) is 0.446. The van der Waals surface area contributed by atoms with Crippen LogP contribution in [0.1, 0.15) is 13.3 Å². The fourth-order valence-corrected chi connectivity index (χ4v) is 1.68. The van der Waals surface area contributed by atoms with Gasteiger partial charge in [0.1, 0.15) is 10.2 Å². The molecule has 0 saturated heterocycles. The third-order valence-corrected chi connectivity index (χ3v) is 2.57. The number of hydrogen-bond donors (Lipinski definition) is 0. The van der Waals surface area contributed by atoms with Crippen molar-refractivity contribution in [3.63, 3.8) is 0 Å². The molecule has 0 saturated carbocycles. The number of halogens is 1. The molecule has 4 nitrogen and oxygen atoms in total. The molecule has 0 spiro atoms. The van der Waals surface area contributed by atoms with E-state index in [1.54, 1.807) is 13.1 Å². The zero-order chi connectivity index (χ0) is 11.1. The predicted octanol–water partition coefficient (Wildman–Crippen LogP) is 2.18. The fraction of sp³-hybridized carbons (Fsp3) is 0.444. The second-order valence-electron chi connectivity index (χ2n) is 2.58. The lowest BCUT2D eigenvalue weighted by Crippen LogP contribution is -2.04. The highest BCUT2D eigenvalue weighted by Gasteiger charge is 2.02. The monoisotopic (exact) mass is 246 g/mol. The number of carbonyl (C=O) groups excluding carboxylic acids is 1. The van der Waals surface area contributed by atoms with Crippen LogP contribution in [0.25, 0.3) is 0 Å². The molecule has 0 aromatic carbocycles. The summed E-state index contributed by atoms with van der Waals surface area (Å²) in [5, 5.41) is 1.12.